The smallest absolute Gasteiger partial charge is 0.342 e. The number of rotatable bonds is 4. The number of carbonyl (C=O) groups is 2. The summed E-state index contributed by atoms with van der Waals surface area (Å²) in [4.78, 5) is 22.0. The summed E-state index contributed by atoms with van der Waals surface area (Å²) >= 11 is 5.70. The predicted octanol–water partition coefficient (Wildman–Crippen LogP) is 0.883. The first kappa shape index (κ1) is 13.1. The molecule has 1 amide bonds. The fourth-order valence-corrected chi connectivity index (χ4v) is 1.25. The largest absolute Gasteiger partial charge is 0.477 e. The Morgan fingerprint density at radius 3 is 2.41 bits per heavy atom. The number of nitrogens with one attached hydrogen (secondary N) is 1. The van der Waals surface area contributed by atoms with Crippen LogP contribution in [0.1, 0.15) is 5.56 Å². The molecule has 0 unspecified atom stereocenters. The Hall–Kier alpha value is -2.01. The molecule has 0 spiro atoms. The van der Waals surface area contributed by atoms with Crippen LogP contribution in [0.3, 0.4) is 0 Å². The summed E-state index contributed by atoms with van der Waals surface area (Å²) in [5.41, 5.74) is 5.36. The lowest BCUT2D eigenvalue weighted by atomic mass is 10.2. The van der Waals surface area contributed by atoms with Crippen LogP contribution in [0.4, 0.5) is 0 Å². The van der Waals surface area contributed by atoms with Crippen LogP contribution >= 0.6 is 11.6 Å². The molecule has 4 N–H and O–H groups in total. The van der Waals surface area contributed by atoms with Crippen molar-refractivity contribution in [3.8, 4) is 0 Å². The van der Waals surface area contributed by atoms with Crippen LogP contribution in [-0.2, 0) is 16.1 Å². The van der Waals surface area contributed by atoms with Gasteiger partial charge in [0, 0.05) is 17.8 Å². The van der Waals surface area contributed by atoms with E-state index in [4.69, 9.17) is 22.4 Å². The van der Waals surface area contributed by atoms with E-state index in [2.05, 4.69) is 5.32 Å². The Kier molecular flexibility index (Phi) is 4.54. The molecule has 0 atom stereocenters. The van der Waals surface area contributed by atoms with E-state index in [0.29, 0.717) is 5.02 Å². The maximum atomic E-state index is 11.4. The molecule has 0 fully saturated rings. The number of halogens is 1. The van der Waals surface area contributed by atoms with Crippen LogP contribution in [0.15, 0.2) is 36.0 Å². The second-order valence-electron chi connectivity index (χ2n) is 3.19. The third kappa shape index (κ3) is 3.81. The Bertz CT molecular complexity index is 454. The van der Waals surface area contributed by atoms with Gasteiger partial charge in [0.05, 0.1) is 0 Å². The minimum Gasteiger partial charge on any atom is -0.477 e. The first-order valence-corrected chi connectivity index (χ1v) is 5.10. The highest BCUT2D eigenvalue weighted by Crippen LogP contribution is 2.09. The van der Waals surface area contributed by atoms with Crippen LogP contribution in [-0.4, -0.2) is 17.0 Å². The molecule has 6 heteroatoms. The molecular formula is C11H11ClN2O3. The Labute approximate surface area is 103 Å². The summed E-state index contributed by atoms with van der Waals surface area (Å²) in [6.07, 6.45) is 0.763. The topological polar surface area (TPSA) is 92.4 Å². The number of hydrogen-bond acceptors (Lipinski definition) is 3. The number of amides is 1. The van der Waals surface area contributed by atoms with Gasteiger partial charge in [-0.15, -0.1) is 0 Å². The van der Waals surface area contributed by atoms with E-state index < -0.39 is 17.4 Å². The van der Waals surface area contributed by atoms with Gasteiger partial charge in [-0.05, 0) is 17.7 Å². The minimum atomic E-state index is -1.36. The average Bonchev–Trinajstić information content (AvgIpc) is 2.28. The number of nitrogens with two attached hydrogens (primary N) is 1. The zero-order chi connectivity index (χ0) is 12.8. The molecule has 0 aliphatic heterocycles. The third-order valence-corrected chi connectivity index (χ3v) is 2.26. The molecule has 17 heavy (non-hydrogen) atoms. The van der Waals surface area contributed by atoms with Gasteiger partial charge in [0.2, 0.25) is 0 Å². The van der Waals surface area contributed by atoms with Crippen molar-refractivity contribution >= 4 is 23.5 Å². The lowest BCUT2D eigenvalue weighted by Crippen LogP contribution is -2.28. The van der Waals surface area contributed by atoms with Crippen molar-refractivity contribution in [3.63, 3.8) is 0 Å². The van der Waals surface area contributed by atoms with E-state index in [9.17, 15) is 9.59 Å². The molecule has 0 bridgehead atoms. The van der Waals surface area contributed by atoms with Gasteiger partial charge < -0.3 is 16.2 Å². The highest BCUT2D eigenvalue weighted by molar-refractivity contribution is 6.30. The van der Waals surface area contributed by atoms with E-state index in [-0.39, 0.29) is 6.54 Å². The van der Waals surface area contributed by atoms with E-state index >= 15 is 0 Å². The van der Waals surface area contributed by atoms with Gasteiger partial charge in [0.1, 0.15) is 5.57 Å². The lowest BCUT2D eigenvalue weighted by Gasteiger charge is -2.05. The second-order valence-corrected chi connectivity index (χ2v) is 3.63. The maximum Gasteiger partial charge on any atom is 0.342 e. The van der Waals surface area contributed by atoms with E-state index in [1.807, 2.05) is 0 Å². The Balaban J connectivity index is 2.59. The van der Waals surface area contributed by atoms with Gasteiger partial charge >= 0.3 is 5.97 Å². The molecular weight excluding hydrogens is 244 g/mol. The second kappa shape index (κ2) is 5.91. The highest BCUT2D eigenvalue weighted by atomic mass is 35.5. The van der Waals surface area contributed by atoms with Crippen LogP contribution in [0.25, 0.3) is 0 Å². The normalized spacial score (nSPS) is 11.0. The van der Waals surface area contributed by atoms with Crippen LogP contribution < -0.4 is 11.1 Å². The van der Waals surface area contributed by atoms with Crippen molar-refractivity contribution in [1.82, 2.24) is 5.32 Å². The number of carboxylic acids is 1. The van der Waals surface area contributed by atoms with Crippen LogP contribution in [0.5, 0.6) is 0 Å². The monoisotopic (exact) mass is 254 g/mol. The molecule has 0 aliphatic rings. The Morgan fingerprint density at radius 1 is 1.35 bits per heavy atom. The average molecular weight is 255 g/mol. The van der Waals surface area contributed by atoms with Crippen LogP contribution in [0.2, 0.25) is 5.02 Å². The molecule has 0 aliphatic carbocycles. The van der Waals surface area contributed by atoms with E-state index in [1.165, 1.54) is 0 Å². The van der Waals surface area contributed by atoms with Gasteiger partial charge in [0.25, 0.3) is 5.91 Å². The minimum absolute atomic E-state index is 0.209. The molecule has 0 saturated heterocycles. The number of carbonyl (C=O) groups excluding carboxylic acids is 1. The maximum absolute atomic E-state index is 11.4. The van der Waals surface area contributed by atoms with Crippen molar-refractivity contribution < 1.29 is 14.7 Å². The van der Waals surface area contributed by atoms with Gasteiger partial charge in [-0.1, -0.05) is 23.7 Å². The van der Waals surface area contributed by atoms with Gasteiger partial charge in [-0.3, -0.25) is 4.79 Å². The third-order valence-electron chi connectivity index (χ3n) is 2.01. The summed E-state index contributed by atoms with van der Waals surface area (Å²) in [5.74, 6) is -2.09. The standard InChI is InChI=1S/C11H11ClN2O3/c12-8-3-1-7(2-4-8)6-14-10(15)9(5-13)11(16)17/h1-5H,6,13H2,(H,14,15)(H,16,17)/b9-5+. The first-order valence-electron chi connectivity index (χ1n) is 4.72. The van der Waals surface area contributed by atoms with Crippen molar-refractivity contribution in [2.75, 3.05) is 0 Å². The zero-order valence-electron chi connectivity index (χ0n) is 8.81. The Morgan fingerprint density at radius 2 is 1.94 bits per heavy atom. The van der Waals surface area contributed by atoms with Crippen LogP contribution in [0, 0.1) is 0 Å². The predicted molar refractivity (Wildman–Crippen MR) is 63.2 cm³/mol. The SMILES string of the molecule is N/C=C(/C(=O)O)C(=O)NCc1ccc(Cl)cc1. The summed E-state index contributed by atoms with van der Waals surface area (Å²) in [7, 11) is 0. The summed E-state index contributed by atoms with van der Waals surface area (Å²) in [6.45, 7) is 0.209. The quantitative estimate of drug-likeness (QED) is 0.423. The fraction of sp³-hybridized carbons (Fsp3) is 0.0909. The molecule has 0 heterocycles. The van der Waals surface area contributed by atoms with E-state index in [0.717, 1.165) is 11.8 Å². The summed E-state index contributed by atoms with van der Waals surface area (Å²) in [5, 5.41) is 11.7. The summed E-state index contributed by atoms with van der Waals surface area (Å²) in [6, 6.07) is 6.82. The molecule has 90 valence electrons. The number of carboxylic acid groups (broad SMARTS) is 1. The fourth-order valence-electron chi connectivity index (χ4n) is 1.12. The molecule has 1 aromatic rings. The van der Waals surface area contributed by atoms with Crippen molar-refractivity contribution in [2.24, 2.45) is 5.73 Å². The molecule has 0 saturated carbocycles. The number of aliphatic carboxylic acids is 1. The zero-order valence-corrected chi connectivity index (χ0v) is 9.57. The number of benzene rings is 1. The lowest BCUT2D eigenvalue weighted by molar-refractivity contribution is -0.135. The van der Waals surface area contributed by atoms with E-state index in [1.54, 1.807) is 24.3 Å². The van der Waals surface area contributed by atoms with Crippen molar-refractivity contribution in [1.29, 1.82) is 0 Å². The summed E-state index contributed by atoms with van der Waals surface area (Å²) < 4.78 is 0. The van der Waals surface area contributed by atoms with Crippen molar-refractivity contribution in [2.45, 2.75) is 6.54 Å². The molecule has 1 aromatic carbocycles. The molecule has 0 aromatic heterocycles. The highest BCUT2D eigenvalue weighted by Gasteiger charge is 2.15. The molecule has 1 rings (SSSR count). The van der Waals surface area contributed by atoms with Gasteiger partial charge in [-0.2, -0.15) is 0 Å². The molecule has 0 radical (unpaired) electrons. The first-order chi connectivity index (χ1) is 8.04. The van der Waals surface area contributed by atoms with Gasteiger partial charge in [-0.25, -0.2) is 4.79 Å². The van der Waals surface area contributed by atoms with Gasteiger partial charge in [0.15, 0.2) is 0 Å². The molecule has 5 nitrogen and oxygen atoms in total. The number of hydrogen-bond donors (Lipinski definition) is 3. The van der Waals surface area contributed by atoms with Crippen molar-refractivity contribution in [3.05, 3.63) is 46.6 Å².